The van der Waals surface area contributed by atoms with Gasteiger partial charge in [0, 0.05) is 20.5 Å². The molecule has 1 aliphatic carbocycles. The zero-order valence-corrected chi connectivity index (χ0v) is 17.1. The van der Waals surface area contributed by atoms with Crippen LogP contribution in [0.25, 0.3) is 0 Å². The Morgan fingerprint density at radius 2 is 1.89 bits per heavy atom. The molecule has 0 aromatic carbocycles. The van der Waals surface area contributed by atoms with E-state index in [9.17, 15) is 14.8 Å². The maximum atomic E-state index is 12.7. The van der Waals surface area contributed by atoms with Crippen molar-refractivity contribution in [2.24, 2.45) is 11.8 Å². The van der Waals surface area contributed by atoms with E-state index in [0.717, 1.165) is 32.1 Å². The number of aryl methyl sites for hydroxylation is 1. The van der Waals surface area contributed by atoms with Gasteiger partial charge in [0.1, 0.15) is 11.9 Å². The lowest BCUT2D eigenvalue weighted by molar-refractivity contribution is -0.173. The molecule has 10 heteroatoms. The zero-order valence-electron chi connectivity index (χ0n) is 17.1. The summed E-state index contributed by atoms with van der Waals surface area (Å²) in [5.74, 6) is 1.30. The Balaban J connectivity index is 2.07. The summed E-state index contributed by atoms with van der Waals surface area (Å²) in [4.78, 5) is 38.4. The molecular formula is C18H31N7O3. The maximum Gasteiger partial charge on any atom is 0.264 e. The van der Waals surface area contributed by atoms with Crippen molar-refractivity contribution in [3.05, 3.63) is 5.82 Å². The van der Waals surface area contributed by atoms with Crippen molar-refractivity contribution >= 4 is 24.2 Å². The van der Waals surface area contributed by atoms with Crippen LogP contribution >= 0.6 is 0 Å². The number of amides is 2. The Bertz CT molecular complexity index is 663. The number of hydrogen-bond acceptors (Lipinski definition) is 8. The van der Waals surface area contributed by atoms with Crippen LogP contribution in [0.3, 0.4) is 0 Å². The molecule has 0 saturated heterocycles. The van der Waals surface area contributed by atoms with Gasteiger partial charge in [0.15, 0.2) is 0 Å². The summed E-state index contributed by atoms with van der Waals surface area (Å²) >= 11 is 0. The summed E-state index contributed by atoms with van der Waals surface area (Å²) in [6, 6.07) is -0.955. The van der Waals surface area contributed by atoms with E-state index < -0.39 is 11.9 Å². The molecule has 1 saturated carbocycles. The van der Waals surface area contributed by atoms with Gasteiger partial charge in [-0.15, -0.1) is 0 Å². The number of hydrogen-bond donors (Lipinski definition) is 3. The molecule has 3 N–H and O–H groups in total. The van der Waals surface area contributed by atoms with Crippen molar-refractivity contribution < 1.29 is 14.8 Å². The van der Waals surface area contributed by atoms with Crippen LogP contribution < -0.4 is 15.8 Å². The minimum atomic E-state index is -0.955. The SMILES string of the molecule is CCc1nc(NNC(=O)C(C2CCC(CC)CC2)N(O)C=O)nc(N(C)C)n1. The zero-order chi connectivity index (χ0) is 20.7. The molecule has 1 fully saturated rings. The highest BCUT2D eigenvalue weighted by molar-refractivity contribution is 5.84. The third-order valence-electron chi connectivity index (χ3n) is 5.26. The molecule has 28 heavy (non-hydrogen) atoms. The summed E-state index contributed by atoms with van der Waals surface area (Å²) < 4.78 is 0. The molecule has 1 aromatic heterocycles. The van der Waals surface area contributed by atoms with E-state index in [4.69, 9.17) is 0 Å². The van der Waals surface area contributed by atoms with Crippen molar-refractivity contribution in [2.75, 3.05) is 24.4 Å². The molecule has 0 bridgehead atoms. The molecular weight excluding hydrogens is 362 g/mol. The molecule has 1 aliphatic rings. The van der Waals surface area contributed by atoms with Gasteiger partial charge in [0.05, 0.1) is 0 Å². The Kier molecular flexibility index (Phi) is 7.91. The maximum absolute atomic E-state index is 12.7. The van der Waals surface area contributed by atoms with E-state index in [0.29, 0.717) is 29.2 Å². The fourth-order valence-electron chi connectivity index (χ4n) is 3.54. The lowest BCUT2D eigenvalue weighted by Gasteiger charge is -2.34. The number of hydrazine groups is 1. The number of carbonyl (C=O) groups excluding carboxylic acids is 2. The fraction of sp³-hybridized carbons (Fsp3) is 0.722. The fourth-order valence-corrected chi connectivity index (χ4v) is 3.54. The average molecular weight is 393 g/mol. The van der Waals surface area contributed by atoms with Crippen LogP contribution in [0.5, 0.6) is 0 Å². The van der Waals surface area contributed by atoms with Crippen molar-refractivity contribution in [1.82, 2.24) is 25.4 Å². The number of nitrogens with one attached hydrogen (secondary N) is 2. The quantitative estimate of drug-likeness (QED) is 0.327. The highest BCUT2D eigenvalue weighted by atomic mass is 16.5. The van der Waals surface area contributed by atoms with Gasteiger partial charge in [0.2, 0.25) is 18.3 Å². The average Bonchev–Trinajstić information content (AvgIpc) is 2.72. The van der Waals surface area contributed by atoms with Crippen LogP contribution in [0.2, 0.25) is 0 Å². The lowest BCUT2D eigenvalue weighted by Crippen LogP contribution is -2.51. The van der Waals surface area contributed by atoms with Gasteiger partial charge in [-0.1, -0.05) is 33.1 Å². The van der Waals surface area contributed by atoms with E-state index in [2.05, 4.69) is 32.7 Å². The Labute approximate surface area is 165 Å². The molecule has 1 atom stereocenters. The first-order chi connectivity index (χ1) is 13.4. The third-order valence-corrected chi connectivity index (χ3v) is 5.26. The van der Waals surface area contributed by atoms with Gasteiger partial charge in [-0.25, -0.2) is 5.06 Å². The Morgan fingerprint density at radius 1 is 1.21 bits per heavy atom. The van der Waals surface area contributed by atoms with Crippen LogP contribution in [0.4, 0.5) is 11.9 Å². The van der Waals surface area contributed by atoms with E-state index in [1.54, 1.807) is 4.90 Å². The third kappa shape index (κ3) is 5.51. The predicted molar refractivity (Wildman–Crippen MR) is 105 cm³/mol. The van der Waals surface area contributed by atoms with Gasteiger partial charge < -0.3 is 4.90 Å². The van der Waals surface area contributed by atoms with Crippen LogP contribution in [-0.2, 0) is 16.0 Å². The summed E-state index contributed by atoms with van der Waals surface area (Å²) in [5, 5.41) is 10.5. The van der Waals surface area contributed by atoms with Crippen LogP contribution in [0.1, 0.15) is 51.8 Å². The van der Waals surface area contributed by atoms with E-state index in [1.165, 1.54) is 0 Å². The molecule has 0 aliphatic heterocycles. The smallest absolute Gasteiger partial charge is 0.264 e. The first-order valence-corrected chi connectivity index (χ1v) is 9.80. The number of aromatic nitrogens is 3. The summed E-state index contributed by atoms with van der Waals surface area (Å²) in [6.45, 7) is 4.08. The first kappa shape index (κ1) is 21.8. The van der Waals surface area contributed by atoms with E-state index >= 15 is 0 Å². The van der Waals surface area contributed by atoms with Crippen molar-refractivity contribution in [1.29, 1.82) is 0 Å². The van der Waals surface area contributed by atoms with Gasteiger partial charge in [-0.3, -0.25) is 25.6 Å². The Morgan fingerprint density at radius 3 is 2.43 bits per heavy atom. The lowest BCUT2D eigenvalue weighted by atomic mass is 9.77. The van der Waals surface area contributed by atoms with Gasteiger partial charge in [-0.05, 0) is 24.7 Å². The van der Waals surface area contributed by atoms with Crippen molar-refractivity contribution in [3.63, 3.8) is 0 Å². The van der Waals surface area contributed by atoms with Gasteiger partial charge >= 0.3 is 0 Å². The number of rotatable bonds is 9. The highest BCUT2D eigenvalue weighted by Crippen LogP contribution is 2.33. The second-order valence-electron chi connectivity index (χ2n) is 7.36. The molecule has 1 aromatic rings. The second kappa shape index (κ2) is 10.2. The van der Waals surface area contributed by atoms with E-state index in [1.807, 2.05) is 21.0 Å². The highest BCUT2D eigenvalue weighted by Gasteiger charge is 2.35. The molecule has 2 rings (SSSR count). The predicted octanol–water partition coefficient (Wildman–Crippen LogP) is 1.38. The molecule has 0 radical (unpaired) electrons. The van der Waals surface area contributed by atoms with Crippen LogP contribution in [-0.4, -0.2) is 57.7 Å². The van der Waals surface area contributed by atoms with Crippen LogP contribution in [0.15, 0.2) is 0 Å². The second-order valence-corrected chi connectivity index (χ2v) is 7.36. The Hall–Kier alpha value is -2.49. The monoisotopic (exact) mass is 393 g/mol. The number of nitrogens with zero attached hydrogens (tertiary/aromatic N) is 5. The normalized spacial score (nSPS) is 20.2. The molecule has 2 amide bonds. The summed E-state index contributed by atoms with van der Waals surface area (Å²) in [6.07, 6.45) is 5.56. The molecule has 156 valence electrons. The van der Waals surface area contributed by atoms with Gasteiger partial charge in [0.25, 0.3) is 5.91 Å². The summed E-state index contributed by atoms with van der Waals surface area (Å²) in [5.41, 5.74) is 5.22. The number of hydroxylamine groups is 2. The molecule has 1 unspecified atom stereocenters. The minimum absolute atomic E-state index is 0.0957. The van der Waals surface area contributed by atoms with Crippen molar-refractivity contribution in [2.45, 2.75) is 58.4 Å². The topological polar surface area (TPSA) is 124 Å². The van der Waals surface area contributed by atoms with Crippen molar-refractivity contribution in [3.8, 4) is 0 Å². The largest absolute Gasteiger partial charge is 0.347 e. The number of anilines is 2. The van der Waals surface area contributed by atoms with E-state index in [-0.39, 0.29) is 18.3 Å². The molecule has 1 heterocycles. The first-order valence-electron chi connectivity index (χ1n) is 9.80. The molecule has 0 spiro atoms. The molecule has 10 nitrogen and oxygen atoms in total. The van der Waals surface area contributed by atoms with Crippen LogP contribution in [0, 0.1) is 11.8 Å². The number of carbonyl (C=O) groups is 2. The summed E-state index contributed by atoms with van der Waals surface area (Å²) in [7, 11) is 3.63. The minimum Gasteiger partial charge on any atom is -0.347 e. The standard InChI is InChI=1S/C18H31N7O3/c1-5-12-7-9-13(10-8-12)15(25(28)11-26)16(27)22-23-17-19-14(6-2)20-18(21-17)24(3)4/h11-13,15,28H,5-10H2,1-4H3,(H,22,27)(H,19,20,21,23). The van der Waals surface area contributed by atoms with Gasteiger partial charge in [-0.2, -0.15) is 15.0 Å².